The maximum absolute atomic E-state index is 11.5. The fourth-order valence-electron chi connectivity index (χ4n) is 2.55. The summed E-state index contributed by atoms with van der Waals surface area (Å²) in [5, 5.41) is 10.0. The lowest BCUT2D eigenvalue weighted by atomic mass is 9.95. The van der Waals surface area contributed by atoms with Gasteiger partial charge in [0.25, 0.3) is 0 Å². The SMILES string of the molecule is CC(C)N(CC[C@H](C(=O)O)c1cccc(Cl)c1)C(C)C. The number of carboxylic acids is 1. The first-order valence-corrected chi connectivity index (χ1v) is 7.44. The summed E-state index contributed by atoms with van der Waals surface area (Å²) >= 11 is 5.95. The maximum Gasteiger partial charge on any atom is 0.311 e. The van der Waals surface area contributed by atoms with Crippen LogP contribution in [0, 0.1) is 0 Å². The van der Waals surface area contributed by atoms with E-state index >= 15 is 0 Å². The largest absolute Gasteiger partial charge is 0.481 e. The van der Waals surface area contributed by atoms with Crippen molar-refractivity contribution in [3.8, 4) is 0 Å². The molecule has 112 valence electrons. The van der Waals surface area contributed by atoms with Crippen LogP contribution in [0.2, 0.25) is 5.02 Å². The molecule has 1 aromatic rings. The van der Waals surface area contributed by atoms with Crippen LogP contribution in [0.5, 0.6) is 0 Å². The van der Waals surface area contributed by atoms with E-state index in [1.807, 2.05) is 6.07 Å². The molecule has 0 unspecified atom stereocenters. The Kier molecular flexibility index (Phi) is 6.50. The van der Waals surface area contributed by atoms with Gasteiger partial charge in [-0.15, -0.1) is 0 Å². The molecule has 0 amide bonds. The van der Waals surface area contributed by atoms with Gasteiger partial charge in [0, 0.05) is 17.1 Å². The number of benzene rings is 1. The van der Waals surface area contributed by atoms with Gasteiger partial charge in [0.05, 0.1) is 5.92 Å². The fraction of sp³-hybridized carbons (Fsp3) is 0.562. The number of carboxylic acid groups (broad SMARTS) is 1. The molecule has 4 heteroatoms. The van der Waals surface area contributed by atoms with Gasteiger partial charge in [-0.2, -0.15) is 0 Å². The molecular formula is C16H24ClNO2. The molecule has 20 heavy (non-hydrogen) atoms. The molecule has 0 aromatic heterocycles. The maximum atomic E-state index is 11.5. The zero-order chi connectivity index (χ0) is 15.3. The molecule has 0 aliphatic carbocycles. The molecule has 0 heterocycles. The van der Waals surface area contributed by atoms with Crippen molar-refractivity contribution in [2.45, 2.75) is 52.1 Å². The minimum atomic E-state index is -0.792. The molecule has 0 spiro atoms. The third kappa shape index (κ3) is 4.80. The van der Waals surface area contributed by atoms with E-state index in [4.69, 9.17) is 11.6 Å². The van der Waals surface area contributed by atoms with E-state index in [0.717, 1.165) is 12.1 Å². The average Bonchev–Trinajstić information content (AvgIpc) is 2.32. The number of hydrogen-bond acceptors (Lipinski definition) is 2. The Hall–Kier alpha value is -1.06. The van der Waals surface area contributed by atoms with Crippen molar-refractivity contribution in [2.75, 3.05) is 6.54 Å². The summed E-state index contributed by atoms with van der Waals surface area (Å²) in [6.45, 7) is 9.30. The Balaban J connectivity index is 2.81. The number of nitrogens with zero attached hydrogens (tertiary/aromatic N) is 1. The van der Waals surface area contributed by atoms with Crippen LogP contribution in [-0.4, -0.2) is 34.6 Å². The van der Waals surface area contributed by atoms with Gasteiger partial charge in [0.1, 0.15) is 0 Å². The molecule has 1 rings (SSSR count). The predicted molar refractivity (Wildman–Crippen MR) is 83.4 cm³/mol. The normalized spacial score (nSPS) is 13.2. The lowest BCUT2D eigenvalue weighted by Gasteiger charge is -2.31. The number of halogens is 1. The van der Waals surface area contributed by atoms with Gasteiger partial charge in [0.15, 0.2) is 0 Å². The highest BCUT2D eigenvalue weighted by atomic mass is 35.5. The summed E-state index contributed by atoms with van der Waals surface area (Å²) < 4.78 is 0. The number of aliphatic carboxylic acids is 1. The second kappa shape index (κ2) is 7.65. The Morgan fingerprint density at radius 2 is 1.85 bits per heavy atom. The van der Waals surface area contributed by atoms with Crippen LogP contribution in [0.4, 0.5) is 0 Å². The van der Waals surface area contributed by atoms with Crippen LogP contribution < -0.4 is 0 Å². The lowest BCUT2D eigenvalue weighted by Crippen LogP contribution is -2.38. The first-order valence-electron chi connectivity index (χ1n) is 7.07. The molecule has 0 saturated carbocycles. The molecule has 0 fully saturated rings. The van der Waals surface area contributed by atoms with Crippen molar-refractivity contribution in [1.29, 1.82) is 0 Å². The topological polar surface area (TPSA) is 40.5 Å². The molecule has 1 atom stereocenters. The number of carbonyl (C=O) groups is 1. The minimum Gasteiger partial charge on any atom is -0.481 e. The fourth-order valence-corrected chi connectivity index (χ4v) is 2.75. The van der Waals surface area contributed by atoms with E-state index < -0.39 is 11.9 Å². The van der Waals surface area contributed by atoms with Gasteiger partial charge < -0.3 is 5.11 Å². The zero-order valence-corrected chi connectivity index (χ0v) is 13.4. The van der Waals surface area contributed by atoms with E-state index in [1.54, 1.807) is 18.2 Å². The second-order valence-corrected chi connectivity index (χ2v) is 6.10. The summed E-state index contributed by atoms with van der Waals surface area (Å²) in [6.07, 6.45) is 0.589. The summed E-state index contributed by atoms with van der Waals surface area (Å²) in [5.41, 5.74) is 0.775. The van der Waals surface area contributed by atoms with Crippen molar-refractivity contribution in [3.63, 3.8) is 0 Å². The molecule has 0 saturated heterocycles. The molecule has 1 aromatic carbocycles. The van der Waals surface area contributed by atoms with E-state index in [2.05, 4.69) is 32.6 Å². The van der Waals surface area contributed by atoms with Crippen molar-refractivity contribution < 1.29 is 9.90 Å². The van der Waals surface area contributed by atoms with Crippen LogP contribution in [-0.2, 0) is 4.79 Å². The smallest absolute Gasteiger partial charge is 0.311 e. The Bertz CT molecular complexity index is 438. The molecule has 0 radical (unpaired) electrons. The van der Waals surface area contributed by atoms with Crippen LogP contribution in [0.3, 0.4) is 0 Å². The first-order chi connectivity index (χ1) is 9.32. The van der Waals surface area contributed by atoms with E-state index in [1.165, 1.54) is 0 Å². The van der Waals surface area contributed by atoms with Crippen LogP contribution in [0.25, 0.3) is 0 Å². The summed E-state index contributed by atoms with van der Waals surface area (Å²) in [5.74, 6) is -1.30. The van der Waals surface area contributed by atoms with E-state index in [0.29, 0.717) is 23.5 Å². The van der Waals surface area contributed by atoms with Crippen molar-refractivity contribution in [3.05, 3.63) is 34.9 Å². The van der Waals surface area contributed by atoms with Gasteiger partial charge >= 0.3 is 5.97 Å². The summed E-state index contributed by atoms with van der Waals surface area (Å²) in [7, 11) is 0. The highest BCUT2D eigenvalue weighted by Gasteiger charge is 2.22. The Labute approximate surface area is 126 Å². The molecule has 0 bridgehead atoms. The van der Waals surface area contributed by atoms with Gasteiger partial charge in [-0.05, 0) is 58.4 Å². The summed E-state index contributed by atoms with van der Waals surface area (Å²) in [4.78, 5) is 13.8. The Morgan fingerprint density at radius 1 is 1.25 bits per heavy atom. The van der Waals surface area contributed by atoms with Crippen molar-refractivity contribution >= 4 is 17.6 Å². The molecule has 3 nitrogen and oxygen atoms in total. The van der Waals surface area contributed by atoms with Gasteiger partial charge in [0.2, 0.25) is 0 Å². The van der Waals surface area contributed by atoms with Gasteiger partial charge in [-0.1, -0.05) is 23.7 Å². The van der Waals surface area contributed by atoms with Crippen LogP contribution >= 0.6 is 11.6 Å². The molecule has 0 aliphatic heterocycles. The average molecular weight is 298 g/mol. The molecule has 0 aliphatic rings. The highest BCUT2D eigenvalue weighted by Crippen LogP contribution is 2.24. The minimum absolute atomic E-state index is 0.406. The third-order valence-electron chi connectivity index (χ3n) is 3.55. The zero-order valence-electron chi connectivity index (χ0n) is 12.6. The predicted octanol–water partition coefficient (Wildman–Crippen LogP) is 4.02. The molecular weight excluding hydrogens is 274 g/mol. The van der Waals surface area contributed by atoms with Crippen molar-refractivity contribution in [1.82, 2.24) is 4.90 Å². The quantitative estimate of drug-likeness (QED) is 0.826. The standard InChI is InChI=1S/C16H24ClNO2/c1-11(2)18(12(3)4)9-8-15(16(19)20)13-6-5-7-14(17)10-13/h5-7,10-12,15H,8-9H2,1-4H3,(H,19,20)/t15-/m0/s1. The van der Waals surface area contributed by atoms with Crippen LogP contribution in [0.15, 0.2) is 24.3 Å². The van der Waals surface area contributed by atoms with Crippen molar-refractivity contribution in [2.24, 2.45) is 0 Å². The lowest BCUT2D eigenvalue weighted by molar-refractivity contribution is -0.139. The first kappa shape index (κ1) is 17.0. The van der Waals surface area contributed by atoms with E-state index in [-0.39, 0.29) is 0 Å². The van der Waals surface area contributed by atoms with Gasteiger partial charge in [-0.3, -0.25) is 9.69 Å². The highest BCUT2D eigenvalue weighted by molar-refractivity contribution is 6.30. The Morgan fingerprint density at radius 3 is 2.30 bits per heavy atom. The van der Waals surface area contributed by atoms with Crippen LogP contribution in [0.1, 0.15) is 45.6 Å². The second-order valence-electron chi connectivity index (χ2n) is 5.66. The number of hydrogen-bond donors (Lipinski definition) is 1. The van der Waals surface area contributed by atoms with Gasteiger partial charge in [-0.25, -0.2) is 0 Å². The third-order valence-corrected chi connectivity index (χ3v) is 3.79. The molecule has 1 N–H and O–H groups in total. The monoisotopic (exact) mass is 297 g/mol. The summed E-state index contributed by atoms with van der Waals surface area (Å²) in [6, 6.07) is 7.96. The number of rotatable bonds is 7. The van der Waals surface area contributed by atoms with E-state index in [9.17, 15) is 9.90 Å².